The van der Waals surface area contributed by atoms with Crippen molar-refractivity contribution in [3.8, 4) is 11.5 Å². The first-order chi connectivity index (χ1) is 27.6. The second kappa shape index (κ2) is 22.5. The standard InChI is InChI=1S/C39H50N4O15/c1-5-7-8-11-24(27(6-2)43(21-44)58-39(54)34-22(3)10-9-12-29(34)55-4)35(49)40-20-41-37(51)30-16-15-28(57-30)23-13-14-25(31(17-23)56-19-33(47)48)36(50)42-26(38(52)53)18-32(45)46/h9-10,12-14,17,21,24,26-28,30H,5-8,11,15-16,18-20H2,1-4H3,(H,40,49)(H,41,51)(H,42,50)(H,45,46)(H,47,48)(H,52,53)/t24?,26-,27+,28?,30?/m0/s1. The minimum atomic E-state index is -1.77. The molecule has 0 bridgehead atoms. The van der Waals surface area contributed by atoms with Gasteiger partial charge in [-0.15, -0.1) is 0 Å². The Kier molecular flexibility index (Phi) is 17.9. The van der Waals surface area contributed by atoms with Crippen LogP contribution in [0.4, 0.5) is 0 Å². The first kappa shape index (κ1) is 46.1. The van der Waals surface area contributed by atoms with Crippen LogP contribution in [0.3, 0.4) is 0 Å². The van der Waals surface area contributed by atoms with Gasteiger partial charge < -0.3 is 50.3 Å². The zero-order valence-corrected chi connectivity index (χ0v) is 32.7. The Labute approximate surface area is 334 Å². The van der Waals surface area contributed by atoms with Crippen molar-refractivity contribution in [2.75, 3.05) is 20.4 Å². The lowest BCUT2D eigenvalue weighted by molar-refractivity contribution is -0.171. The summed E-state index contributed by atoms with van der Waals surface area (Å²) in [4.78, 5) is 105. The number of nitrogens with zero attached hydrogens (tertiary/aromatic N) is 1. The van der Waals surface area contributed by atoms with E-state index in [1.54, 1.807) is 32.0 Å². The molecule has 2 aromatic rings. The van der Waals surface area contributed by atoms with E-state index in [1.807, 2.05) is 6.92 Å². The molecule has 0 spiro atoms. The Balaban J connectivity index is 1.68. The topological polar surface area (TPSA) is 274 Å². The van der Waals surface area contributed by atoms with E-state index in [4.69, 9.17) is 29.3 Å². The molecular weight excluding hydrogens is 764 g/mol. The first-order valence-corrected chi connectivity index (χ1v) is 18.7. The van der Waals surface area contributed by atoms with Gasteiger partial charge in [0.15, 0.2) is 6.61 Å². The molecule has 3 unspecified atom stereocenters. The molecule has 19 heteroatoms. The number of nitrogens with one attached hydrogen (secondary N) is 3. The van der Waals surface area contributed by atoms with Crippen molar-refractivity contribution < 1.29 is 72.7 Å². The number of benzene rings is 2. The lowest BCUT2D eigenvalue weighted by atomic mass is 9.90. The molecule has 1 heterocycles. The average Bonchev–Trinajstić information content (AvgIpc) is 3.69. The molecule has 1 fully saturated rings. The smallest absolute Gasteiger partial charge is 0.367 e. The number of carboxylic acid groups (broad SMARTS) is 3. The largest absolute Gasteiger partial charge is 0.496 e. The van der Waals surface area contributed by atoms with Gasteiger partial charge in [0.05, 0.1) is 43.8 Å². The maximum absolute atomic E-state index is 13.6. The minimum absolute atomic E-state index is 0.134. The molecule has 19 nitrogen and oxygen atoms in total. The highest BCUT2D eigenvalue weighted by Crippen LogP contribution is 2.35. The third-order valence-electron chi connectivity index (χ3n) is 9.41. The van der Waals surface area contributed by atoms with Gasteiger partial charge in [-0.3, -0.25) is 24.0 Å². The molecule has 58 heavy (non-hydrogen) atoms. The number of rotatable bonds is 24. The molecular formula is C39H50N4O15. The fourth-order valence-corrected chi connectivity index (χ4v) is 6.47. The van der Waals surface area contributed by atoms with Crippen LogP contribution in [0.1, 0.15) is 103 Å². The van der Waals surface area contributed by atoms with Gasteiger partial charge in [0.1, 0.15) is 29.2 Å². The second-order valence-electron chi connectivity index (χ2n) is 13.4. The van der Waals surface area contributed by atoms with Crippen LogP contribution < -0.4 is 25.4 Å². The van der Waals surface area contributed by atoms with E-state index in [9.17, 15) is 43.5 Å². The number of methoxy groups -OCH3 is 1. The number of hydrogen-bond acceptors (Lipinski definition) is 12. The molecule has 4 amide bonds. The van der Waals surface area contributed by atoms with Crippen LogP contribution in [-0.2, 0) is 38.3 Å². The monoisotopic (exact) mass is 814 g/mol. The summed E-state index contributed by atoms with van der Waals surface area (Å²) in [6.07, 6.45) is 1.26. The lowest BCUT2D eigenvalue weighted by Crippen LogP contribution is -2.49. The molecule has 316 valence electrons. The summed E-state index contributed by atoms with van der Waals surface area (Å²) in [7, 11) is 1.40. The normalized spacial score (nSPS) is 16.1. The molecule has 0 aliphatic carbocycles. The maximum Gasteiger partial charge on any atom is 0.367 e. The number of carboxylic acids is 3. The van der Waals surface area contributed by atoms with Crippen LogP contribution >= 0.6 is 0 Å². The van der Waals surface area contributed by atoms with Crippen molar-refractivity contribution in [2.24, 2.45) is 5.92 Å². The number of unbranched alkanes of at least 4 members (excludes halogenated alkanes) is 2. The molecule has 2 aromatic carbocycles. The fourth-order valence-electron chi connectivity index (χ4n) is 6.47. The number of aliphatic carboxylic acids is 3. The number of hydroxylamine groups is 2. The van der Waals surface area contributed by atoms with Gasteiger partial charge in [-0.05, 0) is 61.9 Å². The second-order valence-corrected chi connectivity index (χ2v) is 13.4. The number of amides is 4. The maximum atomic E-state index is 13.6. The van der Waals surface area contributed by atoms with Gasteiger partial charge in [-0.2, -0.15) is 5.06 Å². The molecule has 1 saturated heterocycles. The van der Waals surface area contributed by atoms with E-state index < -0.39 is 84.8 Å². The molecule has 0 radical (unpaired) electrons. The molecule has 0 aromatic heterocycles. The van der Waals surface area contributed by atoms with Crippen LogP contribution in [0.25, 0.3) is 0 Å². The summed E-state index contributed by atoms with van der Waals surface area (Å²) in [5, 5.41) is 35.7. The van der Waals surface area contributed by atoms with Crippen molar-refractivity contribution in [1.82, 2.24) is 21.0 Å². The number of ether oxygens (including phenoxy) is 3. The molecule has 3 rings (SSSR count). The van der Waals surface area contributed by atoms with Gasteiger partial charge in [0.2, 0.25) is 12.3 Å². The van der Waals surface area contributed by atoms with Crippen LogP contribution in [0, 0.1) is 12.8 Å². The molecule has 0 saturated carbocycles. The van der Waals surface area contributed by atoms with E-state index in [0.29, 0.717) is 36.8 Å². The van der Waals surface area contributed by atoms with E-state index in [0.717, 1.165) is 17.9 Å². The van der Waals surface area contributed by atoms with Crippen molar-refractivity contribution in [3.05, 3.63) is 58.7 Å². The predicted octanol–water partition coefficient (Wildman–Crippen LogP) is 2.74. The van der Waals surface area contributed by atoms with E-state index in [2.05, 4.69) is 16.0 Å². The summed E-state index contributed by atoms with van der Waals surface area (Å²) in [5.41, 5.74) is 0.843. The zero-order valence-electron chi connectivity index (χ0n) is 32.7. The SMILES string of the molecule is CCCCCC(C(=O)NCNC(=O)C1CCC(c2ccc(C(=O)N[C@@H](CC(=O)O)C(=O)O)c(OCC(=O)O)c2)O1)[C@@H](CC)N(C=O)OC(=O)c1c(C)cccc1OC. The Bertz CT molecular complexity index is 1820. The Morgan fingerprint density at radius 3 is 2.33 bits per heavy atom. The third kappa shape index (κ3) is 12.9. The van der Waals surface area contributed by atoms with Crippen LogP contribution in [0.2, 0.25) is 0 Å². The van der Waals surface area contributed by atoms with Crippen LogP contribution in [0.15, 0.2) is 36.4 Å². The number of carbonyl (C=O) groups excluding carboxylic acids is 5. The lowest BCUT2D eigenvalue weighted by Gasteiger charge is -2.32. The Hall–Kier alpha value is -6.24. The average molecular weight is 815 g/mol. The fraction of sp³-hybridized carbons (Fsp3) is 0.487. The summed E-state index contributed by atoms with van der Waals surface area (Å²) in [6, 6.07) is 6.37. The summed E-state index contributed by atoms with van der Waals surface area (Å²) in [6.45, 7) is 4.29. The van der Waals surface area contributed by atoms with Gasteiger partial charge in [-0.25, -0.2) is 14.4 Å². The molecule has 6 N–H and O–H groups in total. The van der Waals surface area contributed by atoms with E-state index in [-0.39, 0.29) is 42.1 Å². The van der Waals surface area contributed by atoms with Gasteiger partial charge in [0, 0.05) is 0 Å². The molecule has 5 atom stereocenters. The van der Waals surface area contributed by atoms with Crippen molar-refractivity contribution >= 4 is 48.0 Å². The Morgan fingerprint density at radius 1 is 0.966 bits per heavy atom. The number of aryl methyl sites for hydroxylation is 1. The van der Waals surface area contributed by atoms with Gasteiger partial charge >= 0.3 is 23.9 Å². The van der Waals surface area contributed by atoms with Crippen molar-refractivity contribution in [2.45, 2.75) is 96.4 Å². The summed E-state index contributed by atoms with van der Waals surface area (Å²) < 4.78 is 16.6. The van der Waals surface area contributed by atoms with Crippen LogP contribution in [-0.4, -0.2) is 107 Å². The van der Waals surface area contributed by atoms with Crippen molar-refractivity contribution in [1.29, 1.82) is 0 Å². The van der Waals surface area contributed by atoms with E-state index in [1.165, 1.54) is 25.3 Å². The minimum Gasteiger partial charge on any atom is -0.496 e. The van der Waals surface area contributed by atoms with Gasteiger partial charge in [-0.1, -0.05) is 51.3 Å². The third-order valence-corrected chi connectivity index (χ3v) is 9.41. The van der Waals surface area contributed by atoms with Crippen molar-refractivity contribution in [3.63, 3.8) is 0 Å². The van der Waals surface area contributed by atoms with Gasteiger partial charge in [0.25, 0.3) is 11.8 Å². The first-order valence-electron chi connectivity index (χ1n) is 18.7. The zero-order chi connectivity index (χ0) is 42.9. The number of carbonyl (C=O) groups is 8. The van der Waals surface area contributed by atoms with Crippen LogP contribution in [0.5, 0.6) is 11.5 Å². The predicted molar refractivity (Wildman–Crippen MR) is 201 cm³/mol. The summed E-state index contributed by atoms with van der Waals surface area (Å²) in [5.74, 6) is -8.12. The highest BCUT2D eigenvalue weighted by atomic mass is 16.7. The molecule has 1 aliphatic rings. The summed E-state index contributed by atoms with van der Waals surface area (Å²) >= 11 is 0. The molecule has 1 aliphatic heterocycles. The number of hydrogen-bond donors (Lipinski definition) is 6. The highest BCUT2D eigenvalue weighted by molar-refractivity contribution is 5.99. The highest BCUT2D eigenvalue weighted by Gasteiger charge is 2.36. The Morgan fingerprint density at radius 2 is 1.71 bits per heavy atom. The van der Waals surface area contributed by atoms with E-state index >= 15 is 0 Å². The quantitative estimate of drug-likeness (QED) is 0.0385.